The molecule has 0 bridgehead atoms. The fourth-order valence-electron chi connectivity index (χ4n) is 2.64. The summed E-state index contributed by atoms with van der Waals surface area (Å²) in [5, 5.41) is 9.96. The van der Waals surface area contributed by atoms with Crippen LogP contribution in [0.15, 0.2) is 18.3 Å². The number of aliphatic hydroxyl groups excluding tert-OH is 1. The van der Waals surface area contributed by atoms with Crippen LogP contribution in [0.1, 0.15) is 25.5 Å². The highest BCUT2D eigenvalue weighted by Gasteiger charge is 2.27. The van der Waals surface area contributed by atoms with Crippen molar-refractivity contribution >= 4 is 5.69 Å². The molecule has 19 heavy (non-hydrogen) atoms. The van der Waals surface area contributed by atoms with Crippen molar-refractivity contribution in [2.45, 2.75) is 32.3 Å². The van der Waals surface area contributed by atoms with Crippen molar-refractivity contribution < 1.29 is 9.84 Å². The van der Waals surface area contributed by atoms with E-state index in [1.807, 2.05) is 6.20 Å². The lowest BCUT2D eigenvalue weighted by molar-refractivity contribution is 0.0359. The zero-order chi connectivity index (χ0) is 13.7. The fraction of sp³-hybridized carbons (Fsp3) is 0.667. The first kappa shape index (κ1) is 14.3. The van der Waals surface area contributed by atoms with E-state index in [4.69, 9.17) is 4.74 Å². The number of nitrogens with zero attached hydrogens (tertiary/aromatic N) is 2. The van der Waals surface area contributed by atoms with E-state index in [0.717, 1.165) is 43.7 Å². The van der Waals surface area contributed by atoms with Gasteiger partial charge >= 0.3 is 0 Å². The number of aromatic nitrogens is 1. The second kappa shape index (κ2) is 6.87. The molecule has 1 aromatic rings. The van der Waals surface area contributed by atoms with E-state index in [1.165, 1.54) is 0 Å². The molecule has 0 radical (unpaired) electrons. The second-order valence-electron chi connectivity index (χ2n) is 5.28. The summed E-state index contributed by atoms with van der Waals surface area (Å²) in [6.07, 6.45) is 4.66. The van der Waals surface area contributed by atoms with E-state index in [2.05, 4.69) is 28.9 Å². The predicted molar refractivity (Wildman–Crippen MR) is 76.4 cm³/mol. The summed E-state index contributed by atoms with van der Waals surface area (Å²) in [7, 11) is 1.69. The van der Waals surface area contributed by atoms with Crippen molar-refractivity contribution in [3.8, 4) is 0 Å². The highest BCUT2D eigenvalue weighted by atomic mass is 16.5. The number of ether oxygens (including phenoxy) is 1. The minimum absolute atomic E-state index is 0.189. The first-order valence-corrected chi connectivity index (χ1v) is 7.11. The summed E-state index contributed by atoms with van der Waals surface area (Å²) in [6, 6.07) is 4.24. The average molecular weight is 264 g/mol. The van der Waals surface area contributed by atoms with Crippen LogP contribution in [0, 0.1) is 5.92 Å². The van der Waals surface area contributed by atoms with Crippen molar-refractivity contribution in [2.75, 3.05) is 31.7 Å². The van der Waals surface area contributed by atoms with E-state index >= 15 is 0 Å². The van der Waals surface area contributed by atoms with E-state index in [9.17, 15) is 5.11 Å². The normalized spacial score (nSPS) is 23.6. The Balaban J connectivity index is 2.00. The molecule has 0 amide bonds. The molecule has 2 atom stereocenters. The third-order valence-corrected chi connectivity index (χ3v) is 3.75. The summed E-state index contributed by atoms with van der Waals surface area (Å²) >= 11 is 0. The average Bonchev–Trinajstić information content (AvgIpc) is 2.43. The Bertz CT molecular complexity index is 380. The van der Waals surface area contributed by atoms with Crippen LogP contribution < -0.4 is 4.90 Å². The van der Waals surface area contributed by atoms with Gasteiger partial charge in [-0.05, 0) is 25.0 Å². The number of methoxy groups -OCH3 is 1. The molecule has 0 unspecified atom stereocenters. The Morgan fingerprint density at radius 2 is 2.32 bits per heavy atom. The lowest BCUT2D eigenvalue weighted by Crippen LogP contribution is -2.45. The largest absolute Gasteiger partial charge is 0.393 e. The third kappa shape index (κ3) is 3.67. The number of hydrogen-bond donors (Lipinski definition) is 1. The molecule has 2 heterocycles. The fourth-order valence-corrected chi connectivity index (χ4v) is 2.64. The van der Waals surface area contributed by atoms with Gasteiger partial charge in [-0.1, -0.05) is 13.3 Å². The van der Waals surface area contributed by atoms with Crippen LogP contribution in [-0.4, -0.2) is 43.0 Å². The maximum absolute atomic E-state index is 9.96. The molecular formula is C15H24N2O2. The first-order chi connectivity index (χ1) is 9.24. The highest BCUT2D eigenvalue weighted by Crippen LogP contribution is 2.23. The molecule has 0 aromatic carbocycles. The lowest BCUT2D eigenvalue weighted by atomic mass is 9.95. The monoisotopic (exact) mass is 264 g/mol. The maximum Gasteiger partial charge on any atom is 0.0624 e. The molecule has 1 aromatic heterocycles. The van der Waals surface area contributed by atoms with Gasteiger partial charge in [-0.3, -0.25) is 4.98 Å². The Morgan fingerprint density at radius 3 is 2.95 bits per heavy atom. The van der Waals surface area contributed by atoms with E-state index in [-0.39, 0.29) is 12.0 Å². The van der Waals surface area contributed by atoms with Crippen LogP contribution in [0.25, 0.3) is 0 Å². The van der Waals surface area contributed by atoms with Gasteiger partial charge in [0.15, 0.2) is 0 Å². The molecule has 1 fully saturated rings. The summed E-state index contributed by atoms with van der Waals surface area (Å²) < 4.78 is 5.18. The molecule has 4 nitrogen and oxygen atoms in total. The molecular weight excluding hydrogens is 240 g/mol. The number of anilines is 1. The standard InChI is InChI=1S/C15H24N2O2/c1-3-4-13-5-6-14(9-16-13)17-8-7-15(18)12(10-17)11-19-2/h5-6,9,12,15,18H,3-4,7-8,10-11H2,1-2H3/t12-,15-/m1/s1. The summed E-state index contributed by atoms with van der Waals surface area (Å²) in [5.41, 5.74) is 2.30. The van der Waals surface area contributed by atoms with Gasteiger partial charge in [0, 0.05) is 31.8 Å². The van der Waals surface area contributed by atoms with Gasteiger partial charge in [0.05, 0.1) is 24.6 Å². The summed E-state index contributed by atoms with van der Waals surface area (Å²) in [6.45, 7) is 4.50. The van der Waals surface area contributed by atoms with Crippen molar-refractivity contribution in [3.63, 3.8) is 0 Å². The smallest absolute Gasteiger partial charge is 0.0624 e. The van der Waals surface area contributed by atoms with Crippen LogP contribution in [-0.2, 0) is 11.2 Å². The molecule has 1 aliphatic heterocycles. The van der Waals surface area contributed by atoms with Crippen molar-refractivity contribution in [3.05, 3.63) is 24.0 Å². The van der Waals surface area contributed by atoms with Crippen LogP contribution in [0.4, 0.5) is 5.69 Å². The maximum atomic E-state index is 9.96. The number of pyridine rings is 1. The topological polar surface area (TPSA) is 45.6 Å². The molecule has 0 saturated carbocycles. The minimum atomic E-state index is -0.247. The van der Waals surface area contributed by atoms with Crippen LogP contribution >= 0.6 is 0 Å². The molecule has 0 aliphatic carbocycles. The van der Waals surface area contributed by atoms with Gasteiger partial charge in [0.2, 0.25) is 0 Å². The number of aryl methyl sites for hydroxylation is 1. The van der Waals surface area contributed by atoms with Gasteiger partial charge in [-0.15, -0.1) is 0 Å². The van der Waals surface area contributed by atoms with Gasteiger partial charge in [-0.2, -0.15) is 0 Å². The zero-order valence-electron chi connectivity index (χ0n) is 11.9. The lowest BCUT2D eigenvalue weighted by Gasteiger charge is -2.37. The van der Waals surface area contributed by atoms with Gasteiger partial charge < -0.3 is 14.7 Å². The minimum Gasteiger partial charge on any atom is -0.393 e. The Labute approximate surface area is 115 Å². The number of hydrogen-bond acceptors (Lipinski definition) is 4. The molecule has 2 rings (SSSR count). The molecule has 4 heteroatoms. The number of aliphatic hydroxyl groups is 1. The highest BCUT2D eigenvalue weighted by molar-refractivity contribution is 5.45. The first-order valence-electron chi connectivity index (χ1n) is 7.11. The van der Waals surface area contributed by atoms with E-state index in [0.29, 0.717) is 6.61 Å². The van der Waals surface area contributed by atoms with Crippen LogP contribution in [0.5, 0.6) is 0 Å². The molecule has 0 spiro atoms. The Hall–Kier alpha value is -1.13. The molecule has 1 N–H and O–H groups in total. The third-order valence-electron chi connectivity index (χ3n) is 3.75. The second-order valence-corrected chi connectivity index (χ2v) is 5.28. The summed E-state index contributed by atoms with van der Waals surface area (Å²) in [5.74, 6) is 0.189. The van der Waals surface area contributed by atoms with E-state index < -0.39 is 0 Å². The number of rotatable bonds is 5. The zero-order valence-corrected chi connectivity index (χ0v) is 11.9. The van der Waals surface area contributed by atoms with Gasteiger partial charge in [0.1, 0.15) is 0 Å². The SMILES string of the molecule is CCCc1ccc(N2CC[C@@H](O)[C@@H](COC)C2)cn1. The molecule has 106 valence electrons. The number of piperidine rings is 1. The quantitative estimate of drug-likeness (QED) is 0.882. The molecule has 1 saturated heterocycles. The Morgan fingerprint density at radius 1 is 1.47 bits per heavy atom. The molecule has 1 aliphatic rings. The van der Waals surface area contributed by atoms with Gasteiger partial charge in [-0.25, -0.2) is 0 Å². The predicted octanol–water partition coefficient (Wildman–Crippen LogP) is 1.87. The van der Waals surface area contributed by atoms with Gasteiger partial charge in [0.25, 0.3) is 0 Å². The van der Waals surface area contributed by atoms with Crippen LogP contribution in [0.2, 0.25) is 0 Å². The van der Waals surface area contributed by atoms with E-state index in [1.54, 1.807) is 7.11 Å². The van der Waals surface area contributed by atoms with Crippen molar-refractivity contribution in [1.82, 2.24) is 4.98 Å². The van der Waals surface area contributed by atoms with Crippen LogP contribution in [0.3, 0.4) is 0 Å². The summed E-state index contributed by atoms with van der Waals surface area (Å²) in [4.78, 5) is 6.79. The van der Waals surface area contributed by atoms with Crippen molar-refractivity contribution in [1.29, 1.82) is 0 Å². The van der Waals surface area contributed by atoms with Crippen molar-refractivity contribution in [2.24, 2.45) is 5.92 Å². The Kier molecular flexibility index (Phi) is 5.16.